The minimum absolute atomic E-state index is 0.422. The predicted octanol–water partition coefficient (Wildman–Crippen LogP) is 1.27. The molecule has 0 unspecified atom stereocenters. The van der Waals surface area contributed by atoms with Gasteiger partial charge in [0.25, 0.3) is 16.4 Å². The standard InChI is InChI=1S/C6H5F2IN2O2S/c7-5(8)4-1-3(9)2-11-6(4)14(10,12)13/h1-2,5H,(H2,10,12,13). The number of nitrogens with zero attached hydrogens (tertiary/aromatic N) is 1. The molecule has 0 amide bonds. The van der Waals surface area contributed by atoms with Gasteiger partial charge in [0.15, 0.2) is 5.03 Å². The molecule has 1 aromatic heterocycles. The lowest BCUT2D eigenvalue weighted by molar-refractivity contribution is 0.147. The van der Waals surface area contributed by atoms with Crippen LogP contribution in [-0.4, -0.2) is 13.4 Å². The maximum atomic E-state index is 12.4. The third kappa shape index (κ3) is 2.58. The van der Waals surface area contributed by atoms with E-state index in [9.17, 15) is 17.2 Å². The highest BCUT2D eigenvalue weighted by molar-refractivity contribution is 14.1. The molecule has 0 atom stereocenters. The molecule has 0 aliphatic rings. The number of aromatic nitrogens is 1. The monoisotopic (exact) mass is 334 g/mol. The smallest absolute Gasteiger partial charge is 0.242 e. The fourth-order valence-electron chi connectivity index (χ4n) is 0.836. The molecule has 0 aliphatic heterocycles. The minimum Gasteiger partial charge on any atom is -0.242 e. The average Bonchev–Trinajstić information content (AvgIpc) is 2.01. The zero-order valence-electron chi connectivity index (χ0n) is 6.62. The highest BCUT2D eigenvalue weighted by Gasteiger charge is 2.22. The molecule has 0 spiro atoms. The number of nitrogens with two attached hydrogens (primary N) is 1. The number of alkyl halides is 2. The Labute approximate surface area is 92.7 Å². The van der Waals surface area contributed by atoms with Crippen molar-refractivity contribution in [3.8, 4) is 0 Å². The molecule has 8 heteroatoms. The number of hydrogen-bond donors (Lipinski definition) is 1. The maximum Gasteiger partial charge on any atom is 0.266 e. The average molecular weight is 334 g/mol. The van der Waals surface area contributed by atoms with Crippen LogP contribution in [0.2, 0.25) is 0 Å². The summed E-state index contributed by atoms with van der Waals surface area (Å²) in [5.74, 6) is 0. The fraction of sp³-hybridized carbons (Fsp3) is 0.167. The Hall–Kier alpha value is -0.350. The maximum absolute atomic E-state index is 12.4. The second kappa shape index (κ2) is 4.03. The van der Waals surface area contributed by atoms with Crippen molar-refractivity contribution in [2.24, 2.45) is 5.14 Å². The first-order valence-corrected chi connectivity index (χ1v) is 5.91. The van der Waals surface area contributed by atoms with Crippen molar-refractivity contribution in [1.82, 2.24) is 4.98 Å². The van der Waals surface area contributed by atoms with Crippen molar-refractivity contribution in [2.75, 3.05) is 0 Å². The number of rotatable bonds is 2. The van der Waals surface area contributed by atoms with Crippen molar-refractivity contribution < 1.29 is 17.2 Å². The molecule has 14 heavy (non-hydrogen) atoms. The first kappa shape index (κ1) is 11.7. The van der Waals surface area contributed by atoms with Crippen LogP contribution in [0.15, 0.2) is 17.3 Å². The molecule has 0 saturated carbocycles. The number of hydrogen-bond acceptors (Lipinski definition) is 3. The van der Waals surface area contributed by atoms with E-state index in [4.69, 9.17) is 5.14 Å². The number of pyridine rings is 1. The van der Waals surface area contributed by atoms with Crippen molar-refractivity contribution in [3.63, 3.8) is 0 Å². The van der Waals surface area contributed by atoms with E-state index < -0.39 is 27.0 Å². The summed E-state index contributed by atoms with van der Waals surface area (Å²) < 4.78 is 46.9. The normalized spacial score (nSPS) is 12.1. The quantitative estimate of drug-likeness (QED) is 0.828. The Kier molecular flexibility index (Phi) is 3.37. The van der Waals surface area contributed by atoms with Gasteiger partial charge in [-0.2, -0.15) is 0 Å². The molecular weight excluding hydrogens is 329 g/mol. The molecule has 1 aromatic rings. The third-order valence-electron chi connectivity index (χ3n) is 1.35. The Morgan fingerprint density at radius 2 is 2.07 bits per heavy atom. The van der Waals surface area contributed by atoms with E-state index in [1.165, 1.54) is 0 Å². The highest BCUT2D eigenvalue weighted by Crippen LogP contribution is 2.25. The van der Waals surface area contributed by atoms with E-state index in [2.05, 4.69) is 4.98 Å². The van der Waals surface area contributed by atoms with Crippen molar-refractivity contribution in [1.29, 1.82) is 0 Å². The van der Waals surface area contributed by atoms with Gasteiger partial charge in [-0.25, -0.2) is 27.3 Å². The van der Waals surface area contributed by atoms with E-state index >= 15 is 0 Å². The van der Waals surface area contributed by atoms with E-state index in [-0.39, 0.29) is 0 Å². The number of sulfonamides is 1. The van der Waals surface area contributed by atoms with Crippen LogP contribution in [0.25, 0.3) is 0 Å². The third-order valence-corrected chi connectivity index (χ3v) is 2.82. The van der Waals surface area contributed by atoms with Gasteiger partial charge in [0.05, 0.1) is 5.56 Å². The zero-order chi connectivity index (χ0) is 10.9. The molecule has 2 N–H and O–H groups in total. The first-order chi connectivity index (χ1) is 6.32. The predicted molar refractivity (Wildman–Crippen MR) is 53.3 cm³/mol. The van der Waals surface area contributed by atoms with Crippen molar-refractivity contribution >= 4 is 32.6 Å². The van der Waals surface area contributed by atoms with Crippen LogP contribution in [0.4, 0.5) is 8.78 Å². The van der Waals surface area contributed by atoms with Gasteiger partial charge in [-0.15, -0.1) is 0 Å². The molecule has 1 heterocycles. The summed E-state index contributed by atoms with van der Waals surface area (Å²) in [6.07, 6.45) is -1.75. The second-order valence-electron chi connectivity index (χ2n) is 2.39. The van der Waals surface area contributed by atoms with E-state index in [1.54, 1.807) is 22.6 Å². The summed E-state index contributed by atoms with van der Waals surface area (Å²) in [4.78, 5) is 3.37. The lowest BCUT2D eigenvalue weighted by atomic mass is 10.3. The van der Waals surface area contributed by atoms with Gasteiger partial charge in [-0.05, 0) is 28.7 Å². The Morgan fingerprint density at radius 1 is 1.50 bits per heavy atom. The van der Waals surface area contributed by atoms with Crippen molar-refractivity contribution in [2.45, 2.75) is 11.5 Å². The minimum atomic E-state index is -4.19. The van der Waals surface area contributed by atoms with Crippen LogP contribution in [0.3, 0.4) is 0 Å². The van der Waals surface area contributed by atoms with Gasteiger partial charge in [-0.3, -0.25) is 0 Å². The van der Waals surface area contributed by atoms with Gasteiger partial charge in [0.1, 0.15) is 0 Å². The van der Waals surface area contributed by atoms with Crippen molar-refractivity contribution in [3.05, 3.63) is 21.4 Å². The fourth-order valence-corrected chi connectivity index (χ4v) is 1.99. The molecule has 0 radical (unpaired) electrons. The lowest BCUT2D eigenvalue weighted by Crippen LogP contribution is -2.16. The SMILES string of the molecule is NS(=O)(=O)c1ncc(I)cc1C(F)F. The van der Waals surface area contributed by atoms with Crippen LogP contribution >= 0.6 is 22.6 Å². The van der Waals surface area contributed by atoms with E-state index in [1.807, 2.05) is 0 Å². The molecule has 4 nitrogen and oxygen atoms in total. The van der Waals surface area contributed by atoms with Crippen LogP contribution in [0.1, 0.15) is 12.0 Å². The number of primary sulfonamides is 1. The van der Waals surface area contributed by atoms with Crippen LogP contribution in [0, 0.1) is 3.57 Å². The first-order valence-electron chi connectivity index (χ1n) is 3.29. The summed E-state index contributed by atoms with van der Waals surface area (Å²) in [6, 6.07) is 1.04. The lowest BCUT2D eigenvalue weighted by Gasteiger charge is -2.05. The topological polar surface area (TPSA) is 73.1 Å². The molecule has 0 aliphatic carbocycles. The second-order valence-corrected chi connectivity index (χ2v) is 5.12. The van der Waals surface area contributed by atoms with Crippen LogP contribution in [0.5, 0.6) is 0 Å². The molecule has 1 rings (SSSR count). The van der Waals surface area contributed by atoms with Gasteiger partial charge in [0.2, 0.25) is 0 Å². The summed E-state index contributed by atoms with van der Waals surface area (Å²) in [5, 5.41) is 3.95. The van der Waals surface area contributed by atoms with E-state index in [0.29, 0.717) is 3.57 Å². The Morgan fingerprint density at radius 3 is 2.50 bits per heavy atom. The summed E-state index contributed by atoms with van der Waals surface area (Å²) in [5.41, 5.74) is -0.667. The zero-order valence-corrected chi connectivity index (χ0v) is 9.59. The molecule has 78 valence electrons. The van der Waals surface area contributed by atoms with E-state index in [0.717, 1.165) is 12.3 Å². The van der Waals surface area contributed by atoms with Crippen LogP contribution in [-0.2, 0) is 10.0 Å². The molecule has 0 saturated heterocycles. The summed E-state index contributed by atoms with van der Waals surface area (Å²) in [6.45, 7) is 0. The van der Waals surface area contributed by atoms with Crippen LogP contribution < -0.4 is 5.14 Å². The molecular formula is C6H5F2IN2O2S. The Bertz CT molecular complexity index is 449. The molecule has 0 aromatic carbocycles. The summed E-state index contributed by atoms with van der Waals surface area (Å²) >= 11 is 1.75. The highest BCUT2D eigenvalue weighted by atomic mass is 127. The van der Waals surface area contributed by atoms with Gasteiger partial charge in [0, 0.05) is 9.77 Å². The summed E-state index contributed by atoms with van der Waals surface area (Å²) in [7, 11) is -4.19. The molecule has 0 fully saturated rings. The Balaban J connectivity index is 3.45. The van der Waals surface area contributed by atoms with Gasteiger partial charge in [-0.1, -0.05) is 0 Å². The van der Waals surface area contributed by atoms with Gasteiger partial charge < -0.3 is 0 Å². The largest absolute Gasteiger partial charge is 0.266 e. The molecule has 0 bridgehead atoms. The van der Waals surface area contributed by atoms with Gasteiger partial charge >= 0.3 is 0 Å². The number of halogens is 3.